The van der Waals surface area contributed by atoms with E-state index >= 15 is 0 Å². The maximum Gasteiger partial charge on any atom is 0.127 e. The van der Waals surface area contributed by atoms with Crippen LogP contribution in [0, 0.1) is 0 Å². The molecular formula is C13H14BrN3O. The van der Waals surface area contributed by atoms with Crippen LogP contribution in [0.15, 0.2) is 41.0 Å². The molecule has 0 aliphatic heterocycles. The molecule has 94 valence electrons. The lowest BCUT2D eigenvalue weighted by molar-refractivity contribution is 0.415. The minimum atomic E-state index is 0.809. The minimum Gasteiger partial charge on any atom is -0.497 e. The molecule has 0 bridgehead atoms. The van der Waals surface area contributed by atoms with Crippen molar-refractivity contribution in [2.45, 2.75) is 0 Å². The molecule has 0 atom stereocenters. The van der Waals surface area contributed by atoms with Crippen molar-refractivity contribution in [3.8, 4) is 5.75 Å². The molecule has 0 amide bonds. The van der Waals surface area contributed by atoms with Gasteiger partial charge in [0.15, 0.2) is 0 Å². The zero-order valence-electron chi connectivity index (χ0n) is 10.2. The number of nitrogens with zero attached hydrogens (tertiary/aromatic N) is 1. The summed E-state index contributed by atoms with van der Waals surface area (Å²) in [5, 5.41) is 6.32. The Labute approximate surface area is 115 Å². The predicted octanol–water partition coefficient (Wildman–Crippen LogP) is 3.64. The molecule has 0 saturated heterocycles. The second-order valence-electron chi connectivity index (χ2n) is 3.65. The van der Waals surface area contributed by atoms with Crippen molar-refractivity contribution in [3.05, 3.63) is 41.0 Å². The number of halogens is 1. The molecule has 2 N–H and O–H groups in total. The molecule has 0 aliphatic carbocycles. The van der Waals surface area contributed by atoms with Gasteiger partial charge in [0.2, 0.25) is 0 Å². The van der Waals surface area contributed by atoms with E-state index in [1.54, 1.807) is 13.3 Å². The maximum absolute atomic E-state index is 5.21. The van der Waals surface area contributed by atoms with Crippen LogP contribution in [0.3, 0.4) is 0 Å². The third-order valence-corrected chi connectivity index (χ3v) is 3.16. The smallest absolute Gasteiger partial charge is 0.127 e. The number of ether oxygens (including phenoxy) is 1. The van der Waals surface area contributed by atoms with Crippen LogP contribution >= 0.6 is 15.9 Å². The van der Waals surface area contributed by atoms with Crippen molar-refractivity contribution in [2.75, 3.05) is 24.8 Å². The molecule has 0 saturated carbocycles. The lowest BCUT2D eigenvalue weighted by atomic mass is 10.3. The van der Waals surface area contributed by atoms with Crippen LogP contribution in [-0.2, 0) is 0 Å². The van der Waals surface area contributed by atoms with Crippen molar-refractivity contribution >= 4 is 33.1 Å². The Hall–Kier alpha value is -1.75. The molecule has 5 heteroatoms. The van der Waals surface area contributed by atoms with Gasteiger partial charge in [-0.3, -0.25) is 0 Å². The molecule has 4 nitrogen and oxygen atoms in total. The normalized spacial score (nSPS) is 9.94. The first-order valence-corrected chi connectivity index (χ1v) is 6.26. The molecule has 0 aliphatic rings. The summed E-state index contributed by atoms with van der Waals surface area (Å²) in [5.41, 5.74) is 1.91. The van der Waals surface area contributed by atoms with Gasteiger partial charge in [0.25, 0.3) is 0 Å². The molecule has 2 rings (SSSR count). The lowest BCUT2D eigenvalue weighted by Gasteiger charge is -2.11. The van der Waals surface area contributed by atoms with Crippen LogP contribution in [-0.4, -0.2) is 19.1 Å². The van der Waals surface area contributed by atoms with E-state index in [0.29, 0.717) is 0 Å². The van der Waals surface area contributed by atoms with Gasteiger partial charge in [-0.15, -0.1) is 0 Å². The van der Waals surface area contributed by atoms with Gasteiger partial charge in [0.1, 0.15) is 11.6 Å². The Morgan fingerprint density at radius 3 is 2.78 bits per heavy atom. The summed E-state index contributed by atoms with van der Waals surface area (Å²) in [6, 6.07) is 9.63. The molecule has 2 aromatic rings. The summed E-state index contributed by atoms with van der Waals surface area (Å²) in [4.78, 5) is 4.17. The summed E-state index contributed by atoms with van der Waals surface area (Å²) in [6.45, 7) is 0. The lowest BCUT2D eigenvalue weighted by Crippen LogP contribution is -1.96. The van der Waals surface area contributed by atoms with Crippen LogP contribution in [0.4, 0.5) is 17.2 Å². The van der Waals surface area contributed by atoms with Crippen molar-refractivity contribution < 1.29 is 4.74 Å². The average Bonchev–Trinajstić information content (AvgIpc) is 2.41. The van der Waals surface area contributed by atoms with Crippen LogP contribution in [0.2, 0.25) is 0 Å². The number of aromatic nitrogens is 1. The number of pyridine rings is 1. The fourth-order valence-electron chi connectivity index (χ4n) is 1.53. The fraction of sp³-hybridized carbons (Fsp3) is 0.154. The van der Waals surface area contributed by atoms with Gasteiger partial charge in [-0.05, 0) is 34.1 Å². The molecule has 18 heavy (non-hydrogen) atoms. The quantitative estimate of drug-likeness (QED) is 0.905. The zero-order valence-corrected chi connectivity index (χ0v) is 11.8. The van der Waals surface area contributed by atoms with Crippen molar-refractivity contribution in [2.24, 2.45) is 0 Å². The number of benzene rings is 1. The monoisotopic (exact) mass is 307 g/mol. The van der Waals surface area contributed by atoms with E-state index in [2.05, 4.69) is 31.5 Å². The first-order valence-electron chi connectivity index (χ1n) is 5.47. The summed E-state index contributed by atoms with van der Waals surface area (Å²) in [5.74, 6) is 1.63. The summed E-state index contributed by atoms with van der Waals surface area (Å²) < 4.78 is 6.18. The topological polar surface area (TPSA) is 46.2 Å². The highest BCUT2D eigenvalue weighted by Crippen LogP contribution is 2.30. The molecule has 1 aromatic carbocycles. The molecule has 0 fully saturated rings. The Kier molecular flexibility index (Phi) is 4.04. The second-order valence-corrected chi connectivity index (χ2v) is 4.50. The minimum absolute atomic E-state index is 0.809. The Balaban J connectivity index is 2.27. The van der Waals surface area contributed by atoms with Gasteiger partial charge in [0.05, 0.1) is 12.8 Å². The van der Waals surface area contributed by atoms with E-state index in [1.807, 2.05) is 37.4 Å². The van der Waals surface area contributed by atoms with Crippen LogP contribution in [0.5, 0.6) is 5.75 Å². The third-order valence-electron chi connectivity index (χ3n) is 2.47. The average molecular weight is 308 g/mol. The SMILES string of the molecule is CNc1cc(Nc2cc(OC)ccc2Br)ccn1. The largest absolute Gasteiger partial charge is 0.497 e. The summed E-state index contributed by atoms with van der Waals surface area (Å²) >= 11 is 3.50. The Morgan fingerprint density at radius 1 is 1.22 bits per heavy atom. The number of methoxy groups -OCH3 is 1. The first-order chi connectivity index (χ1) is 8.72. The van der Waals surface area contributed by atoms with E-state index in [1.165, 1.54) is 0 Å². The van der Waals surface area contributed by atoms with Gasteiger partial charge >= 0.3 is 0 Å². The number of nitrogens with one attached hydrogen (secondary N) is 2. The summed E-state index contributed by atoms with van der Waals surface area (Å²) in [7, 11) is 3.49. The molecule has 0 unspecified atom stereocenters. The van der Waals surface area contributed by atoms with Crippen molar-refractivity contribution in [1.82, 2.24) is 4.98 Å². The first kappa shape index (κ1) is 12.7. The van der Waals surface area contributed by atoms with Crippen molar-refractivity contribution in [3.63, 3.8) is 0 Å². The highest BCUT2D eigenvalue weighted by molar-refractivity contribution is 9.10. The van der Waals surface area contributed by atoms with Gasteiger partial charge in [-0.2, -0.15) is 0 Å². The summed E-state index contributed by atoms with van der Waals surface area (Å²) in [6.07, 6.45) is 1.75. The molecule has 0 radical (unpaired) electrons. The number of rotatable bonds is 4. The van der Waals surface area contributed by atoms with Crippen LogP contribution in [0.1, 0.15) is 0 Å². The van der Waals surface area contributed by atoms with E-state index in [-0.39, 0.29) is 0 Å². The maximum atomic E-state index is 5.21. The highest BCUT2D eigenvalue weighted by atomic mass is 79.9. The highest BCUT2D eigenvalue weighted by Gasteiger charge is 2.03. The van der Waals surface area contributed by atoms with Gasteiger partial charge < -0.3 is 15.4 Å². The molecular weight excluding hydrogens is 294 g/mol. The number of anilines is 3. The van der Waals surface area contributed by atoms with E-state index in [0.717, 1.165) is 27.4 Å². The predicted molar refractivity (Wildman–Crippen MR) is 77.8 cm³/mol. The van der Waals surface area contributed by atoms with Crippen LogP contribution in [0.25, 0.3) is 0 Å². The zero-order chi connectivity index (χ0) is 13.0. The fourth-order valence-corrected chi connectivity index (χ4v) is 1.87. The number of hydrogen-bond donors (Lipinski definition) is 2. The van der Waals surface area contributed by atoms with Gasteiger partial charge in [-0.25, -0.2) is 4.98 Å². The number of hydrogen-bond acceptors (Lipinski definition) is 4. The molecule has 0 spiro atoms. The van der Waals surface area contributed by atoms with Crippen molar-refractivity contribution in [1.29, 1.82) is 0 Å². The molecule has 1 aromatic heterocycles. The van der Waals surface area contributed by atoms with Gasteiger partial charge in [0, 0.05) is 35.5 Å². The van der Waals surface area contributed by atoms with E-state index in [9.17, 15) is 0 Å². The molecule has 1 heterocycles. The van der Waals surface area contributed by atoms with E-state index < -0.39 is 0 Å². The third kappa shape index (κ3) is 2.92. The Bertz CT molecular complexity index is 546. The standard InChI is InChI=1S/C13H14BrN3O/c1-15-13-7-9(5-6-16-13)17-12-8-10(18-2)3-4-11(12)14/h3-8H,1-2H3,(H2,15,16,17). The second kappa shape index (κ2) is 5.73. The van der Waals surface area contributed by atoms with E-state index in [4.69, 9.17) is 4.74 Å². The van der Waals surface area contributed by atoms with Gasteiger partial charge in [-0.1, -0.05) is 0 Å². The van der Waals surface area contributed by atoms with Crippen LogP contribution < -0.4 is 15.4 Å². The Morgan fingerprint density at radius 2 is 2.06 bits per heavy atom.